The second kappa shape index (κ2) is 6.47. The van der Waals surface area contributed by atoms with E-state index in [4.69, 9.17) is 12.5 Å². The van der Waals surface area contributed by atoms with E-state index in [2.05, 4.69) is 0 Å². The van der Waals surface area contributed by atoms with Gasteiger partial charge in [-0.25, -0.2) is 4.39 Å². The predicted molar refractivity (Wildman–Crippen MR) is 78.6 cm³/mol. The van der Waals surface area contributed by atoms with Gasteiger partial charge in [-0.15, -0.1) is 0 Å². The molecule has 1 fully saturated rings. The Morgan fingerprint density at radius 3 is 2.79 bits per heavy atom. The molecule has 0 N–H and O–H groups in total. The van der Waals surface area contributed by atoms with Crippen molar-refractivity contribution in [3.63, 3.8) is 0 Å². The van der Waals surface area contributed by atoms with E-state index in [1.54, 1.807) is 6.07 Å². The van der Waals surface area contributed by atoms with Crippen molar-refractivity contribution in [2.24, 2.45) is 0 Å². The number of hydrogen-bond donors (Lipinski definition) is 0. The average molecular weight is 380 g/mol. The summed E-state index contributed by atoms with van der Waals surface area (Å²) >= 11 is 1.85. The van der Waals surface area contributed by atoms with Crippen molar-refractivity contribution in [3.05, 3.63) is 35.6 Å². The predicted octanol–water partition coefficient (Wildman–Crippen LogP) is 3.82. The topological polar surface area (TPSA) is 27.7 Å². The monoisotopic (exact) mass is 380 g/mol. The minimum absolute atomic E-state index is 0.0576. The Balaban J connectivity index is 2.19. The van der Waals surface area contributed by atoms with E-state index < -0.39 is 5.79 Å². The van der Waals surface area contributed by atoms with Gasteiger partial charge in [0.1, 0.15) is 28.8 Å². The SMILES string of the molecule is CC1(C)OC[C@@H](C(CCOI)c2ccccc2F)O1. The molecule has 106 valence electrons. The maximum Gasteiger partial charge on any atom is 0.163 e. The lowest BCUT2D eigenvalue weighted by atomic mass is 9.90. The van der Waals surface area contributed by atoms with Crippen LogP contribution in [0.25, 0.3) is 0 Å². The van der Waals surface area contributed by atoms with Gasteiger partial charge in [0.05, 0.1) is 19.3 Å². The first-order valence-electron chi connectivity index (χ1n) is 6.33. The first-order chi connectivity index (χ1) is 9.03. The molecule has 0 amide bonds. The Morgan fingerprint density at radius 2 is 2.21 bits per heavy atom. The van der Waals surface area contributed by atoms with Crippen LogP contribution in [0.1, 0.15) is 31.7 Å². The molecule has 19 heavy (non-hydrogen) atoms. The summed E-state index contributed by atoms with van der Waals surface area (Å²) in [5, 5.41) is 0. The van der Waals surface area contributed by atoms with Gasteiger partial charge in [-0.3, -0.25) is 0 Å². The second-order valence-corrected chi connectivity index (χ2v) is 5.72. The fourth-order valence-corrected chi connectivity index (χ4v) is 2.66. The maximum absolute atomic E-state index is 14.0. The zero-order valence-electron chi connectivity index (χ0n) is 11.1. The van der Waals surface area contributed by atoms with Crippen LogP contribution < -0.4 is 0 Å². The highest BCUT2D eigenvalue weighted by Crippen LogP contribution is 2.35. The van der Waals surface area contributed by atoms with Gasteiger partial charge in [0.2, 0.25) is 0 Å². The quantitative estimate of drug-likeness (QED) is 0.727. The lowest BCUT2D eigenvalue weighted by Crippen LogP contribution is -2.26. The standard InChI is InChI=1S/C14H18FIO3/c1-14(2)17-9-13(19-14)11(7-8-18-16)10-5-3-4-6-12(10)15/h3-6,11,13H,7-9H2,1-2H3/t11?,13-/m0/s1. The summed E-state index contributed by atoms with van der Waals surface area (Å²) in [7, 11) is 0. The summed E-state index contributed by atoms with van der Waals surface area (Å²) < 4.78 is 30.5. The zero-order chi connectivity index (χ0) is 13.9. The molecule has 1 aromatic rings. The fraction of sp³-hybridized carbons (Fsp3) is 0.571. The first kappa shape index (κ1) is 15.2. The Labute approximate surface area is 127 Å². The van der Waals surface area contributed by atoms with Gasteiger partial charge >= 0.3 is 0 Å². The molecule has 0 aliphatic carbocycles. The van der Waals surface area contributed by atoms with Crippen molar-refractivity contribution < 1.29 is 16.9 Å². The van der Waals surface area contributed by atoms with Gasteiger partial charge < -0.3 is 12.5 Å². The van der Waals surface area contributed by atoms with Gasteiger partial charge in [0, 0.05) is 5.92 Å². The minimum atomic E-state index is -0.598. The van der Waals surface area contributed by atoms with Crippen LogP contribution in [0.2, 0.25) is 0 Å². The summed E-state index contributed by atoms with van der Waals surface area (Å²) in [5.41, 5.74) is 0.669. The highest BCUT2D eigenvalue weighted by molar-refractivity contribution is 14.1. The van der Waals surface area contributed by atoms with E-state index in [0.29, 0.717) is 25.2 Å². The highest BCUT2D eigenvalue weighted by Gasteiger charge is 2.38. The van der Waals surface area contributed by atoms with Gasteiger partial charge in [-0.2, -0.15) is 0 Å². The van der Waals surface area contributed by atoms with Crippen molar-refractivity contribution in [2.75, 3.05) is 13.2 Å². The van der Waals surface area contributed by atoms with Crippen LogP contribution in [-0.2, 0) is 12.5 Å². The van der Waals surface area contributed by atoms with Crippen LogP contribution in [0.5, 0.6) is 0 Å². The maximum atomic E-state index is 14.0. The molecule has 1 aromatic carbocycles. The van der Waals surface area contributed by atoms with Crippen molar-refractivity contribution in [3.8, 4) is 0 Å². The highest BCUT2D eigenvalue weighted by atomic mass is 127. The molecule has 1 aliphatic rings. The van der Waals surface area contributed by atoms with E-state index >= 15 is 0 Å². The molecule has 0 saturated carbocycles. The first-order valence-corrected chi connectivity index (χ1v) is 7.21. The van der Waals surface area contributed by atoms with Gasteiger partial charge in [0.25, 0.3) is 0 Å². The molecule has 1 saturated heterocycles. The molecule has 2 atom stereocenters. The third-order valence-electron chi connectivity index (χ3n) is 3.29. The Hall–Kier alpha value is -0.240. The van der Waals surface area contributed by atoms with Gasteiger partial charge in [-0.1, -0.05) is 18.2 Å². The van der Waals surface area contributed by atoms with E-state index in [0.717, 1.165) is 0 Å². The van der Waals surface area contributed by atoms with Crippen LogP contribution in [0.3, 0.4) is 0 Å². The molecule has 1 unspecified atom stereocenters. The number of hydrogen-bond acceptors (Lipinski definition) is 3. The number of ether oxygens (including phenoxy) is 2. The lowest BCUT2D eigenvalue weighted by molar-refractivity contribution is -0.141. The molecule has 2 rings (SSSR count). The summed E-state index contributed by atoms with van der Waals surface area (Å²) in [5.74, 6) is -0.855. The van der Waals surface area contributed by atoms with E-state index in [9.17, 15) is 4.39 Å². The largest absolute Gasteiger partial charge is 0.348 e. The summed E-state index contributed by atoms with van der Waals surface area (Å²) in [6, 6.07) is 6.83. The Morgan fingerprint density at radius 1 is 1.47 bits per heavy atom. The number of benzene rings is 1. The Bertz CT molecular complexity index is 425. The molecule has 5 heteroatoms. The van der Waals surface area contributed by atoms with Crippen molar-refractivity contribution in [2.45, 2.75) is 38.1 Å². The second-order valence-electron chi connectivity index (χ2n) is 5.10. The third-order valence-corrected chi connectivity index (χ3v) is 3.73. The fourth-order valence-electron chi connectivity index (χ4n) is 2.40. The minimum Gasteiger partial charge on any atom is -0.348 e. The number of rotatable bonds is 5. The Kier molecular flexibility index (Phi) is 5.16. The lowest BCUT2D eigenvalue weighted by Gasteiger charge is -2.24. The van der Waals surface area contributed by atoms with Crippen LogP contribution in [-0.4, -0.2) is 25.1 Å². The van der Waals surface area contributed by atoms with E-state index in [1.807, 2.05) is 49.0 Å². The van der Waals surface area contributed by atoms with Crippen molar-refractivity contribution in [1.82, 2.24) is 0 Å². The van der Waals surface area contributed by atoms with Gasteiger partial charge in [0.15, 0.2) is 5.79 Å². The summed E-state index contributed by atoms with van der Waals surface area (Å²) in [6.45, 7) is 4.79. The molecule has 0 radical (unpaired) electrons. The molecule has 1 heterocycles. The molecule has 0 aromatic heterocycles. The smallest absolute Gasteiger partial charge is 0.163 e. The normalized spacial score (nSPS) is 23.5. The third kappa shape index (κ3) is 3.87. The average Bonchev–Trinajstić information content (AvgIpc) is 2.72. The van der Waals surface area contributed by atoms with E-state index in [-0.39, 0.29) is 17.8 Å². The van der Waals surface area contributed by atoms with Crippen LogP contribution in [0.4, 0.5) is 4.39 Å². The summed E-state index contributed by atoms with van der Waals surface area (Å²) in [4.78, 5) is 0. The molecular formula is C14H18FIO3. The molecule has 0 bridgehead atoms. The number of halogens is 2. The van der Waals surface area contributed by atoms with Gasteiger partial charge in [-0.05, 0) is 31.9 Å². The molecule has 3 nitrogen and oxygen atoms in total. The zero-order valence-corrected chi connectivity index (χ0v) is 13.2. The van der Waals surface area contributed by atoms with Crippen molar-refractivity contribution >= 4 is 23.0 Å². The van der Waals surface area contributed by atoms with Crippen LogP contribution in [0, 0.1) is 5.82 Å². The molecule has 1 aliphatic heterocycles. The van der Waals surface area contributed by atoms with Crippen LogP contribution >= 0.6 is 23.0 Å². The summed E-state index contributed by atoms with van der Waals surface area (Å²) in [6.07, 6.45) is 0.562. The van der Waals surface area contributed by atoms with Crippen molar-refractivity contribution in [1.29, 1.82) is 0 Å². The molecular weight excluding hydrogens is 362 g/mol. The van der Waals surface area contributed by atoms with E-state index in [1.165, 1.54) is 6.07 Å². The van der Waals surface area contributed by atoms with Crippen LogP contribution in [0.15, 0.2) is 24.3 Å². The molecule has 0 spiro atoms.